The number of fused-ring (bicyclic) bond motifs is 1. The first kappa shape index (κ1) is 15.8. The summed E-state index contributed by atoms with van der Waals surface area (Å²) in [5.41, 5.74) is 0.941. The van der Waals surface area contributed by atoms with E-state index in [4.69, 9.17) is 4.42 Å². The van der Waals surface area contributed by atoms with Crippen molar-refractivity contribution >= 4 is 6.08 Å². The van der Waals surface area contributed by atoms with Crippen LogP contribution in [0.2, 0.25) is 0 Å². The number of rotatable bonds is 1. The monoisotopic (exact) mass is 325 g/mol. The second-order valence-electron chi connectivity index (χ2n) is 5.20. The molecule has 1 aliphatic rings. The lowest BCUT2D eigenvalue weighted by molar-refractivity contribution is 0.504. The molecule has 0 aliphatic heterocycles. The summed E-state index contributed by atoms with van der Waals surface area (Å²) in [7, 11) is 0. The lowest BCUT2D eigenvalue weighted by Gasteiger charge is -2.07. The molecule has 3 nitrogen and oxygen atoms in total. The van der Waals surface area contributed by atoms with Crippen molar-refractivity contribution in [2.45, 2.75) is 6.42 Å². The molecule has 0 bridgehead atoms. The maximum absolute atomic E-state index is 13.4. The van der Waals surface area contributed by atoms with E-state index in [9.17, 15) is 13.6 Å². The first-order chi connectivity index (χ1) is 11.6. The molecule has 0 spiro atoms. The minimum atomic E-state index is -1.07. The van der Waals surface area contributed by atoms with Crippen molar-refractivity contribution in [2.75, 3.05) is 0 Å². The zero-order valence-corrected chi connectivity index (χ0v) is 12.6. The number of pyridine rings is 1. The number of hydrogen-bond donors (Lipinski definition) is 0. The third-order valence-corrected chi connectivity index (χ3v) is 3.53. The van der Waals surface area contributed by atoms with Crippen molar-refractivity contribution in [1.29, 1.82) is 0 Å². The summed E-state index contributed by atoms with van der Waals surface area (Å²) in [6.07, 6.45) is 12.9. The Labute approximate surface area is 137 Å². The molecular weight excluding hydrogens is 312 g/mol. The van der Waals surface area contributed by atoms with Gasteiger partial charge in [0.25, 0.3) is 0 Å². The molecule has 0 fully saturated rings. The molecule has 0 radical (unpaired) electrons. The zero-order valence-electron chi connectivity index (χ0n) is 12.6. The van der Waals surface area contributed by atoms with Crippen LogP contribution in [0.25, 0.3) is 17.3 Å². The van der Waals surface area contributed by atoms with Crippen molar-refractivity contribution in [3.63, 3.8) is 0 Å². The van der Waals surface area contributed by atoms with E-state index in [1.165, 1.54) is 6.26 Å². The lowest BCUT2D eigenvalue weighted by Crippen LogP contribution is -2.13. The highest BCUT2D eigenvalue weighted by atomic mass is 19.2. The molecule has 0 N–H and O–H groups in total. The van der Waals surface area contributed by atoms with Gasteiger partial charge in [-0.2, -0.15) is 0 Å². The van der Waals surface area contributed by atoms with Crippen molar-refractivity contribution in [1.82, 2.24) is 4.98 Å². The van der Waals surface area contributed by atoms with Crippen molar-refractivity contribution in [3.05, 3.63) is 94.2 Å². The van der Waals surface area contributed by atoms with E-state index in [2.05, 4.69) is 11.6 Å². The van der Waals surface area contributed by atoms with Gasteiger partial charge in [0.15, 0.2) is 17.1 Å². The van der Waals surface area contributed by atoms with E-state index in [1.807, 2.05) is 12.2 Å². The van der Waals surface area contributed by atoms with Gasteiger partial charge < -0.3 is 4.42 Å². The lowest BCUT2D eigenvalue weighted by atomic mass is 10.0. The van der Waals surface area contributed by atoms with Gasteiger partial charge in [-0.3, -0.25) is 9.78 Å². The molecule has 1 aliphatic carbocycles. The van der Waals surface area contributed by atoms with Crippen LogP contribution in [0.4, 0.5) is 8.78 Å². The average molecular weight is 325 g/mol. The fraction of sp³-hybridized carbons (Fsp3) is 0.0526. The molecule has 0 atom stereocenters. The largest absolute Gasteiger partial charge is 0.464 e. The van der Waals surface area contributed by atoms with Crippen LogP contribution in [0.5, 0.6) is 0 Å². The van der Waals surface area contributed by atoms with Crippen LogP contribution in [-0.2, 0) is 6.42 Å². The molecule has 2 aromatic heterocycles. The summed E-state index contributed by atoms with van der Waals surface area (Å²) in [5.74, 6) is -1.74. The van der Waals surface area contributed by atoms with Crippen molar-refractivity contribution in [3.8, 4) is 11.3 Å². The van der Waals surface area contributed by atoms with Crippen LogP contribution >= 0.6 is 0 Å². The van der Waals surface area contributed by atoms with Gasteiger partial charge >= 0.3 is 0 Å². The van der Waals surface area contributed by atoms with Crippen LogP contribution < -0.4 is 5.43 Å². The Balaban J connectivity index is 2.15. The van der Waals surface area contributed by atoms with Crippen LogP contribution in [0.15, 0.2) is 70.3 Å². The Kier molecular flexibility index (Phi) is 4.33. The van der Waals surface area contributed by atoms with Crippen LogP contribution in [-0.4, -0.2) is 4.98 Å². The van der Waals surface area contributed by atoms with Crippen molar-refractivity contribution < 1.29 is 13.2 Å². The molecule has 120 valence electrons. The molecule has 2 heterocycles. The zero-order chi connectivity index (χ0) is 17.1. The highest BCUT2D eigenvalue weighted by molar-refractivity contribution is 5.62. The minimum absolute atomic E-state index is 0.0276. The highest BCUT2D eigenvalue weighted by Gasteiger charge is 2.15. The van der Waals surface area contributed by atoms with Gasteiger partial charge in [-0.05, 0) is 18.1 Å². The number of halogens is 2. The Bertz CT molecular complexity index is 952. The second kappa shape index (κ2) is 6.58. The molecule has 5 heteroatoms. The summed E-state index contributed by atoms with van der Waals surface area (Å²) in [6, 6.07) is 0.879. The third kappa shape index (κ3) is 3.15. The number of hydrogen-bond acceptors (Lipinski definition) is 3. The van der Waals surface area contributed by atoms with Gasteiger partial charge in [-0.25, -0.2) is 8.78 Å². The maximum Gasteiger partial charge on any atom is 0.198 e. The minimum Gasteiger partial charge on any atom is -0.464 e. The molecule has 2 aromatic rings. The molecule has 0 saturated heterocycles. The normalized spacial score (nSPS) is 17.8. The molecule has 0 saturated carbocycles. The van der Waals surface area contributed by atoms with E-state index in [1.54, 1.807) is 24.3 Å². The fourth-order valence-electron chi connectivity index (χ4n) is 2.27. The predicted molar refractivity (Wildman–Crippen MR) is 88.3 cm³/mol. The first-order valence-corrected chi connectivity index (χ1v) is 7.22. The molecule has 0 aromatic carbocycles. The quantitative estimate of drug-likeness (QED) is 0.788. The van der Waals surface area contributed by atoms with Crippen LogP contribution in [0, 0.1) is 11.6 Å². The number of allylic oxidation sites excluding steroid dienone is 6. The van der Waals surface area contributed by atoms with Gasteiger partial charge in [-0.15, -0.1) is 0 Å². The molecule has 0 unspecified atom stereocenters. The summed E-state index contributed by atoms with van der Waals surface area (Å²) >= 11 is 0. The molecule has 24 heavy (non-hydrogen) atoms. The Morgan fingerprint density at radius 3 is 2.75 bits per heavy atom. The van der Waals surface area contributed by atoms with Gasteiger partial charge in [0.1, 0.15) is 12.0 Å². The predicted octanol–water partition coefficient (Wildman–Crippen LogP) is 4.22. The summed E-state index contributed by atoms with van der Waals surface area (Å²) in [5, 5.41) is 0. The van der Waals surface area contributed by atoms with Gasteiger partial charge in [0.05, 0.1) is 17.5 Å². The van der Waals surface area contributed by atoms with Gasteiger partial charge in [-0.1, -0.05) is 37.0 Å². The van der Waals surface area contributed by atoms with Crippen LogP contribution in [0.1, 0.15) is 11.3 Å². The smallest absolute Gasteiger partial charge is 0.198 e. The topological polar surface area (TPSA) is 43.1 Å². The highest BCUT2D eigenvalue weighted by Crippen LogP contribution is 2.20. The standard InChI is InChI=1S/C19H13F2NO2/c1-12-5-3-2-4-6-13-18(8-7-12)24-11-14(19(13)23)17-9-15(20)16(21)10-22-17/h2-5,7-11H,1,6H2/b4-2-,5-3-,8-7-. The van der Waals surface area contributed by atoms with E-state index in [0.29, 0.717) is 17.7 Å². The van der Waals surface area contributed by atoms with E-state index in [-0.39, 0.29) is 16.7 Å². The van der Waals surface area contributed by atoms with E-state index >= 15 is 0 Å². The molecule has 3 rings (SSSR count). The first-order valence-electron chi connectivity index (χ1n) is 7.22. The van der Waals surface area contributed by atoms with Crippen molar-refractivity contribution in [2.24, 2.45) is 0 Å². The van der Waals surface area contributed by atoms with E-state index in [0.717, 1.165) is 17.8 Å². The third-order valence-electron chi connectivity index (χ3n) is 3.53. The van der Waals surface area contributed by atoms with E-state index < -0.39 is 11.6 Å². The Morgan fingerprint density at radius 2 is 1.96 bits per heavy atom. The molecular formula is C19H13F2NO2. The Hall–Kier alpha value is -3.08. The average Bonchev–Trinajstić information content (AvgIpc) is 2.57. The fourth-order valence-corrected chi connectivity index (χ4v) is 2.27. The molecule has 0 amide bonds. The summed E-state index contributed by atoms with van der Waals surface area (Å²) in [6.45, 7) is 3.85. The van der Waals surface area contributed by atoms with Gasteiger partial charge in [0.2, 0.25) is 0 Å². The van der Waals surface area contributed by atoms with Gasteiger partial charge in [0, 0.05) is 11.6 Å². The number of nitrogens with zero attached hydrogens (tertiary/aromatic N) is 1. The second-order valence-corrected chi connectivity index (χ2v) is 5.20. The summed E-state index contributed by atoms with van der Waals surface area (Å²) in [4.78, 5) is 16.5. The maximum atomic E-state index is 13.4. The summed E-state index contributed by atoms with van der Waals surface area (Å²) < 4.78 is 32.0. The number of aromatic nitrogens is 1. The van der Waals surface area contributed by atoms with Crippen LogP contribution in [0.3, 0.4) is 0 Å². The SMILES string of the molecule is C=C1/C=C\C=C/Cc2c(occ(-c3cc(F)c(F)cn3)c2=O)/C=C\1. The Morgan fingerprint density at radius 1 is 1.12 bits per heavy atom.